The molecule has 0 radical (unpaired) electrons. The summed E-state index contributed by atoms with van der Waals surface area (Å²) >= 11 is 5.73. The van der Waals surface area contributed by atoms with Crippen molar-refractivity contribution >= 4 is 27.7 Å². The Morgan fingerprint density at radius 3 is 2.75 bits per heavy atom. The lowest BCUT2D eigenvalue weighted by Crippen LogP contribution is -2.22. The minimum absolute atomic E-state index is 0.503. The minimum atomic E-state index is 0.503. The van der Waals surface area contributed by atoms with Gasteiger partial charge in [0.2, 0.25) is 0 Å². The normalized spacial score (nSPS) is 25.8. The van der Waals surface area contributed by atoms with E-state index in [0.29, 0.717) is 5.41 Å². The molecule has 72 valence electrons. The average Bonchev–Trinajstić information content (AvgIpc) is 2.06. The molecule has 0 N–H and O–H groups in total. The summed E-state index contributed by atoms with van der Waals surface area (Å²) in [5.74, 6) is 3.78. The van der Waals surface area contributed by atoms with E-state index in [9.17, 15) is 0 Å². The van der Waals surface area contributed by atoms with Crippen molar-refractivity contribution in [2.45, 2.75) is 33.1 Å². The molecule has 0 aromatic carbocycles. The molecule has 1 atom stereocenters. The number of rotatable bonds is 3. The molecule has 0 spiro atoms. The molecule has 0 bridgehead atoms. The van der Waals surface area contributed by atoms with Gasteiger partial charge in [0.25, 0.3) is 0 Å². The van der Waals surface area contributed by atoms with Crippen LogP contribution in [-0.4, -0.2) is 16.8 Å². The molecule has 1 unspecified atom stereocenters. The van der Waals surface area contributed by atoms with Crippen LogP contribution >= 0.6 is 27.7 Å². The molecule has 1 saturated heterocycles. The van der Waals surface area contributed by atoms with E-state index >= 15 is 0 Å². The fourth-order valence-corrected chi connectivity index (χ4v) is 3.19. The summed E-state index contributed by atoms with van der Waals surface area (Å²) < 4.78 is 0. The number of halogens is 1. The molecule has 2 heteroatoms. The van der Waals surface area contributed by atoms with Crippen LogP contribution < -0.4 is 0 Å². The Balaban J connectivity index is 2.28. The third-order valence-electron chi connectivity index (χ3n) is 2.46. The van der Waals surface area contributed by atoms with Crippen molar-refractivity contribution in [3.05, 3.63) is 0 Å². The molecule has 1 fully saturated rings. The highest BCUT2D eigenvalue weighted by Gasteiger charge is 2.23. The number of alkyl halides is 1. The fraction of sp³-hybridized carbons (Fsp3) is 1.00. The van der Waals surface area contributed by atoms with Gasteiger partial charge in [-0.25, -0.2) is 0 Å². The van der Waals surface area contributed by atoms with Crippen LogP contribution in [0.2, 0.25) is 0 Å². The number of thioether (sulfide) groups is 1. The lowest BCUT2D eigenvalue weighted by molar-refractivity contribution is 0.304. The zero-order chi connectivity index (χ0) is 9.03. The fourth-order valence-electron chi connectivity index (χ4n) is 1.80. The van der Waals surface area contributed by atoms with Gasteiger partial charge in [0, 0.05) is 5.33 Å². The number of hydrogen-bond donors (Lipinski definition) is 0. The molecule has 0 amide bonds. The molecule has 1 rings (SSSR count). The predicted molar refractivity (Wildman–Crippen MR) is 62.2 cm³/mol. The first kappa shape index (κ1) is 10.9. The van der Waals surface area contributed by atoms with E-state index < -0.39 is 0 Å². The summed E-state index contributed by atoms with van der Waals surface area (Å²) in [7, 11) is 0. The summed E-state index contributed by atoms with van der Waals surface area (Å²) in [4.78, 5) is 0. The van der Waals surface area contributed by atoms with Crippen LogP contribution in [-0.2, 0) is 0 Å². The van der Waals surface area contributed by atoms with Gasteiger partial charge in [-0.15, -0.1) is 0 Å². The standard InChI is InChI=1S/C10H19BrS/c1-10(2,8-11)6-9-4-3-5-12-7-9/h9H,3-8H2,1-2H3. The molecule has 0 aromatic heterocycles. The van der Waals surface area contributed by atoms with Gasteiger partial charge in [0.05, 0.1) is 0 Å². The molecule has 1 aliphatic rings. The molecule has 12 heavy (non-hydrogen) atoms. The Morgan fingerprint density at radius 2 is 2.25 bits per heavy atom. The van der Waals surface area contributed by atoms with E-state index in [0.717, 1.165) is 11.2 Å². The van der Waals surface area contributed by atoms with Crippen molar-refractivity contribution in [2.24, 2.45) is 11.3 Å². The summed E-state index contributed by atoms with van der Waals surface area (Å²) in [6.45, 7) is 4.72. The van der Waals surface area contributed by atoms with Gasteiger partial charge < -0.3 is 0 Å². The van der Waals surface area contributed by atoms with Gasteiger partial charge in [-0.3, -0.25) is 0 Å². The summed E-state index contributed by atoms with van der Waals surface area (Å²) in [5.41, 5.74) is 0.503. The van der Waals surface area contributed by atoms with E-state index in [4.69, 9.17) is 0 Å². The van der Waals surface area contributed by atoms with Crippen molar-refractivity contribution in [3.63, 3.8) is 0 Å². The monoisotopic (exact) mass is 250 g/mol. The highest BCUT2D eigenvalue weighted by molar-refractivity contribution is 9.09. The van der Waals surface area contributed by atoms with E-state index in [2.05, 4.69) is 41.5 Å². The van der Waals surface area contributed by atoms with E-state index in [1.807, 2.05) is 0 Å². The number of hydrogen-bond acceptors (Lipinski definition) is 1. The maximum Gasteiger partial charge on any atom is 0.00827 e. The van der Waals surface area contributed by atoms with Gasteiger partial charge in [0.1, 0.15) is 0 Å². The average molecular weight is 251 g/mol. The first-order valence-corrected chi connectivity index (χ1v) is 7.05. The third kappa shape index (κ3) is 3.69. The second kappa shape index (κ2) is 4.90. The second-order valence-electron chi connectivity index (χ2n) is 4.59. The van der Waals surface area contributed by atoms with Crippen molar-refractivity contribution in [3.8, 4) is 0 Å². The Hall–Kier alpha value is 0.830. The summed E-state index contributed by atoms with van der Waals surface area (Å²) in [6.07, 6.45) is 4.29. The maximum absolute atomic E-state index is 3.59. The predicted octanol–water partition coefficient (Wildman–Crippen LogP) is 3.94. The van der Waals surface area contributed by atoms with Crippen LogP contribution in [0.5, 0.6) is 0 Å². The highest BCUT2D eigenvalue weighted by atomic mass is 79.9. The van der Waals surface area contributed by atoms with Crippen LogP contribution in [0.15, 0.2) is 0 Å². The largest absolute Gasteiger partial charge is 0.162 e. The second-order valence-corrected chi connectivity index (χ2v) is 6.30. The topological polar surface area (TPSA) is 0 Å². The Morgan fingerprint density at radius 1 is 1.50 bits per heavy atom. The summed E-state index contributed by atoms with van der Waals surface area (Å²) in [5, 5.41) is 1.14. The SMILES string of the molecule is CC(C)(CBr)CC1CCCSC1. The molecule has 1 heterocycles. The van der Waals surface area contributed by atoms with Crippen molar-refractivity contribution in [1.82, 2.24) is 0 Å². The smallest absolute Gasteiger partial charge is 0.00827 e. The first-order chi connectivity index (χ1) is 5.64. The lowest BCUT2D eigenvalue weighted by Gasteiger charge is -2.30. The molecule has 0 nitrogen and oxygen atoms in total. The molecule has 1 aliphatic heterocycles. The molecule has 0 aromatic rings. The van der Waals surface area contributed by atoms with Gasteiger partial charge in [-0.05, 0) is 42.1 Å². The van der Waals surface area contributed by atoms with Gasteiger partial charge in [-0.1, -0.05) is 29.8 Å². The third-order valence-corrected chi connectivity index (χ3v) is 5.26. The Labute approximate surface area is 89.0 Å². The van der Waals surface area contributed by atoms with Crippen LogP contribution in [0, 0.1) is 11.3 Å². The Kier molecular flexibility index (Phi) is 4.45. The maximum atomic E-state index is 3.59. The quantitative estimate of drug-likeness (QED) is 0.684. The van der Waals surface area contributed by atoms with Gasteiger partial charge in [-0.2, -0.15) is 11.8 Å². The highest BCUT2D eigenvalue weighted by Crippen LogP contribution is 2.34. The molecular formula is C10H19BrS. The van der Waals surface area contributed by atoms with Crippen LogP contribution in [0.4, 0.5) is 0 Å². The van der Waals surface area contributed by atoms with Crippen molar-refractivity contribution < 1.29 is 0 Å². The zero-order valence-electron chi connectivity index (χ0n) is 8.11. The van der Waals surface area contributed by atoms with Gasteiger partial charge >= 0.3 is 0 Å². The summed E-state index contributed by atoms with van der Waals surface area (Å²) in [6, 6.07) is 0. The lowest BCUT2D eigenvalue weighted by atomic mass is 9.83. The van der Waals surface area contributed by atoms with Crippen LogP contribution in [0.3, 0.4) is 0 Å². The minimum Gasteiger partial charge on any atom is -0.162 e. The zero-order valence-corrected chi connectivity index (χ0v) is 10.5. The molecular weight excluding hydrogens is 232 g/mol. The van der Waals surface area contributed by atoms with E-state index in [1.54, 1.807) is 0 Å². The Bertz CT molecular complexity index is 128. The van der Waals surface area contributed by atoms with Crippen molar-refractivity contribution in [2.75, 3.05) is 16.8 Å². The van der Waals surface area contributed by atoms with E-state index in [-0.39, 0.29) is 0 Å². The van der Waals surface area contributed by atoms with Crippen molar-refractivity contribution in [1.29, 1.82) is 0 Å². The van der Waals surface area contributed by atoms with Crippen LogP contribution in [0.25, 0.3) is 0 Å². The van der Waals surface area contributed by atoms with E-state index in [1.165, 1.54) is 30.8 Å². The molecule has 0 aliphatic carbocycles. The van der Waals surface area contributed by atoms with Gasteiger partial charge in [0.15, 0.2) is 0 Å². The first-order valence-electron chi connectivity index (χ1n) is 4.78. The van der Waals surface area contributed by atoms with Crippen LogP contribution in [0.1, 0.15) is 33.1 Å². The molecule has 0 saturated carbocycles.